The van der Waals surface area contributed by atoms with E-state index in [4.69, 9.17) is 14.2 Å². The maximum absolute atomic E-state index is 11.8. The fraction of sp³-hybridized carbons (Fsp3) is 0.714. The van der Waals surface area contributed by atoms with Crippen molar-refractivity contribution in [1.29, 1.82) is 0 Å². The van der Waals surface area contributed by atoms with Crippen LogP contribution >= 0.6 is 0 Å². The Morgan fingerprint density at radius 2 is 1.50 bits per heavy atom. The smallest absolute Gasteiger partial charge is 0.303 e. The number of carbonyl (C=O) groups excluding carboxylic acids is 4. The van der Waals surface area contributed by atoms with Crippen LogP contribution < -0.4 is 0 Å². The van der Waals surface area contributed by atoms with E-state index in [1.165, 1.54) is 32.6 Å². The summed E-state index contributed by atoms with van der Waals surface area (Å²) in [6.07, 6.45) is -2.40. The lowest BCUT2D eigenvalue weighted by atomic mass is 10.0. The lowest BCUT2D eigenvalue weighted by Crippen LogP contribution is -2.49. The van der Waals surface area contributed by atoms with Gasteiger partial charge in [0.2, 0.25) is 5.91 Å². The molecule has 0 spiro atoms. The second-order valence-electron chi connectivity index (χ2n) is 5.20. The van der Waals surface area contributed by atoms with Crippen molar-refractivity contribution < 1.29 is 33.4 Å². The van der Waals surface area contributed by atoms with Crippen molar-refractivity contribution in [1.82, 2.24) is 4.90 Å². The standard InChI is InChI=1S/C14H21NO7/c1-7(20-9(3)17)13-14(22-11(5)19)12(21-10(4)18)6-15(13)8(2)16/h7,12-14H,6H2,1-5H3/t7-,12+,13-,14+/m1/s1. The summed E-state index contributed by atoms with van der Waals surface area (Å²) in [5, 5.41) is 0. The van der Waals surface area contributed by atoms with Gasteiger partial charge in [0.25, 0.3) is 0 Å². The molecule has 8 heteroatoms. The third kappa shape index (κ3) is 4.44. The number of hydrogen-bond acceptors (Lipinski definition) is 7. The minimum atomic E-state index is -0.889. The number of ether oxygens (including phenoxy) is 3. The highest BCUT2D eigenvalue weighted by Gasteiger charge is 2.50. The van der Waals surface area contributed by atoms with Gasteiger partial charge in [-0.25, -0.2) is 0 Å². The maximum Gasteiger partial charge on any atom is 0.303 e. The highest BCUT2D eigenvalue weighted by molar-refractivity contribution is 5.75. The van der Waals surface area contributed by atoms with Crippen molar-refractivity contribution in [2.75, 3.05) is 6.54 Å². The van der Waals surface area contributed by atoms with Gasteiger partial charge in [0.15, 0.2) is 12.2 Å². The van der Waals surface area contributed by atoms with Gasteiger partial charge < -0.3 is 19.1 Å². The highest BCUT2D eigenvalue weighted by Crippen LogP contribution is 2.28. The predicted molar refractivity (Wildman–Crippen MR) is 73.5 cm³/mol. The minimum absolute atomic E-state index is 0.0726. The number of rotatable bonds is 4. The van der Waals surface area contributed by atoms with Gasteiger partial charge in [-0.05, 0) is 6.92 Å². The van der Waals surface area contributed by atoms with Crippen LogP contribution in [0, 0.1) is 0 Å². The first-order valence-electron chi connectivity index (χ1n) is 6.92. The van der Waals surface area contributed by atoms with Crippen molar-refractivity contribution in [2.45, 2.75) is 59.0 Å². The first-order valence-corrected chi connectivity index (χ1v) is 6.92. The number of carbonyl (C=O) groups is 4. The minimum Gasteiger partial charge on any atom is -0.461 e. The summed E-state index contributed by atoms with van der Waals surface area (Å²) in [4.78, 5) is 46.9. The van der Waals surface area contributed by atoms with Gasteiger partial charge in [0, 0.05) is 27.7 Å². The van der Waals surface area contributed by atoms with Crippen LogP contribution in [0.15, 0.2) is 0 Å². The van der Waals surface area contributed by atoms with Crippen molar-refractivity contribution in [3.8, 4) is 0 Å². The van der Waals surface area contributed by atoms with Gasteiger partial charge in [-0.15, -0.1) is 0 Å². The Hall–Kier alpha value is -2.12. The van der Waals surface area contributed by atoms with Crippen molar-refractivity contribution >= 4 is 23.8 Å². The first-order chi connectivity index (χ1) is 10.1. The topological polar surface area (TPSA) is 99.2 Å². The van der Waals surface area contributed by atoms with Gasteiger partial charge in [0.05, 0.1) is 6.54 Å². The molecule has 1 fully saturated rings. The Morgan fingerprint density at radius 1 is 0.955 bits per heavy atom. The van der Waals surface area contributed by atoms with E-state index < -0.39 is 42.3 Å². The van der Waals surface area contributed by atoms with Crippen LogP contribution in [0.3, 0.4) is 0 Å². The van der Waals surface area contributed by atoms with Gasteiger partial charge >= 0.3 is 17.9 Å². The molecule has 0 unspecified atom stereocenters. The van der Waals surface area contributed by atoms with E-state index in [1.807, 2.05) is 0 Å². The molecular weight excluding hydrogens is 294 g/mol. The second kappa shape index (κ2) is 7.24. The molecule has 0 aromatic rings. The Kier molecular flexibility index (Phi) is 5.90. The van der Waals surface area contributed by atoms with E-state index in [2.05, 4.69) is 0 Å². The average molecular weight is 315 g/mol. The maximum atomic E-state index is 11.8. The van der Waals surface area contributed by atoms with E-state index >= 15 is 0 Å². The quantitative estimate of drug-likeness (QED) is 0.533. The molecular formula is C14H21NO7. The van der Waals surface area contributed by atoms with E-state index in [0.717, 1.165) is 0 Å². The molecule has 8 nitrogen and oxygen atoms in total. The van der Waals surface area contributed by atoms with Crippen LogP contribution in [-0.4, -0.2) is 59.6 Å². The summed E-state index contributed by atoms with van der Waals surface area (Å²) in [5.41, 5.74) is 0. The third-order valence-corrected chi connectivity index (χ3v) is 3.30. The van der Waals surface area contributed by atoms with Gasteiger partial charge in [-0.1, -0.05) is 0 Å². The molecule has 1 aliphatic rings. The molecule has 4 atom stereocenters. The highest BCUT2D eigenvalue weighted by atomic mass is 16.6. The molecule has 0 bridgehead atoms. The van der Waals surface area contributed by atoms with Gasteiger partial charge in [-0.2, -0.15) is 0 Å². The fourth-order valence-corrected chi connectivity index (χ4v) is 2.66. The SMILES string of the molecule is CC(=O)O[C@@H]1[C@@H]([C@@H](C)OC(C)=O)N(C(C)=O)C[C@@H]1OC(C)=O. The van der Waals surface area contributed by atoms with Crippen LogP contribution in [-0.2, 0) is 33.4 Å². The molecule has 0 N–H and O–H groups in total. The summed E-state index contributed by atoms with van der Waals surface area (Å²) in [7, 11) is 0. The molecule has 0 saturated carbocycles. The van der Waals surface area contributed by atoms with Crippen LogP contribution in [0.2, 0.25) is 0 Å². The fourth-order valence-electron chi connectivity index (χ4n) is 2.66. The first kappa shape index (κ1) is 17.9. The van der Waals surface area contributed by atoms with Crippen molar-refractivity contribution in [3.63, 3.8) is 0 Å². The molecule has 1 heterocycles. The van der Waals surface area contributed by atoms with Crippen molar-refractivity contribution in [2.24, 2.45) is 0 Å². The summed E-state index contributed by atoms with van der Waals surface area (Å²) in [5.74, 6) is -1.94. The third-order valence-electron chi connectivity index (χ3n) is 3.30. The average Bonchev–Trinajstić information content (AvgIpc) is 2.65. The summed E-state index contributed by atoms with van der Waals surface area (Å²) in [6, 6.07) is -0.713. The van der Waals surface area contributed by atoms with Gasteiger partial charge in [-0.3, -0.25) is 19.2 Å². The Balaban J connectivity index is 3.10. The number of hydrogen-bond donors (Lipinski definition) is 0. The number of likely N-dealkylation sites (tertiary alicyclic amines) is 1. The second-order valence-corrected chi connectivity index (χ2v) is 5.20. The molecule has 22 heavy (non-hydrogen) atoms. The van der Waals surface area contributed by atoms with Crippen LogP contribution in [0.1, 0.15) is 34.6 Å². The van der Waals surface area contributed by atoms with E-state index in [0.29, 0.717) is 0 Å². The molecule has 0 aromatic carbocycles. The Bertz CT molecular complexity index is 476. The molecule has 0 aliphatic carbocycles. The number of esters is 3. The summed E-state index contributed by atoms with van der Waals surface area (Å²) >= 11 is 0. The predicted octanol–water partition coefficient (Wildman–Crippen LogP) is 0.0321. The zero-order valence-corrected chi connectivity index (χ0v) is 13.3. The zero-order valence-electron chi connectivity index (χ0n) is 13.3. The number of nitrogens with zero attached hydrogens (tertiary/aromatic N) is 1. The molecule has 0 aromatic heterocycles. The molecule has 124 valence electrons. The molecule has 1 rings (SSSR count). The van der Waals surface area contributed by atoms with Crippen LogP contribution in [0.4, 0.5) is 0 Å². The Morgan fingerprint density at radius 3 is 1.91 bits per heavy atom. The van der Waals surface area contributed by atoms with Crippen LogP contribution in [0.5, 0.6) is 0 Å². The van der Waals surface area contributed by atoms with E-state index in [-0.39, 0.29) is 12.5 Å². The summed E-state index contributed by atoms with van der Waals surface area (Å²) < 4.78 is 15.5. The van der Waals surface area contributed by atoms with E-state index in [1.54, 1.807) is 6.92 Å². The van der Waals surface area contributed by atoms with E-state index in [9.17, 15) is 19.2 Å². The monoisotopic (exact) mass is 315 g/mol. The molecule has 0 radical (unpaired) electrons. The zero-order chi connectivity index (χ0) is 17.0. The normalized spacial score (nSPS) is 25.3. The lowest BCUT2D eigenvalue weighted by Gasteiger charge is -2.31. The molecule has 1 amide bonds. The van der Waals surface area contributed by atoms with Crippen molar-refractivity contribution in [3.05, 3.63) is 0 Å². The Labute approximate surface area is 128 Å². The van der Waals surface area contributed by atoms with Gasteiger partial charge in [0.1, 0.15) is 12.1 Å². The largest absolute Gasteiger partial charge is 0.461 e. The lowest BCUT2D eigenvalue weighted by molar-refractivity contribution is -0.167. The molecule has 1 aliphatic heterocycles. The number of amides is 1. The molecule has 1 saturated heterocycles. The van der Waals surface area contributed by atoms with Crippen LogP contribution in [0.25, 0.3) is 0 Å². The summed E-state index contributed by atoms with van der Waals surface area (Å²) in [6.45, 7) is 6.70.